The molecule has 4 heteroatoms. The van der Waals surface area contributed by atoms with Crippen molar-refractivity contribution in [3.63, 3.8) is 0 Å². The molecule has 7 rings (SSSR count). The second-order valence-corrected chi connectivity index (χ2v) is 11.0. The van der Waals surface area contributed by atoms with Gasteiger partial charge in [-0.05, 0) is 59.0 Å². The Morgan fingerprint density at radius 3 is 1.93 bits per heavy atom. The van der Waals surface area contributed by atoms with Crippen molar-refractivity contribution >= 4 is 41.0 Å². The molecule has 0 bridgehead atoms. The van der Waals surface area contributed by atoms with Crippen molar-refractivity contribution in [3.8, 4) is 28.0 Å². The Labute approximate surface area is 233 Å². The molecule has 0 saturated heterocycles. The summed E-state index contributed by atoms with van der Waals surface area (Å²) >= 11 is 0. The third-order valence-electron chi connectivity index (χ3n) is 7.27. The van der Waals surface area contributed by atoms with Crippen molar-refractivity contribution in [1.82, 2.24) is 0 Å². The molecule has 6 aromatic carbocycles. The molecule has 0 saturated carbocycles. The van der Waals surface area contributed by atoms with Gasteiger partial charge in [0.15, 0.2) is 5.75 Å². The average molecular weight is 539 g/mol. The molecule has 0 amide bonds. The third-order valence-corrected chi connectivity index (χ3v) is 8.28. The van der Waals surface area contributed by atoms with Crippen LogP contribution in [0.5, 0.6) is 5.75 Å². The van der Waals surface area contributed by atoms with Crippen molar-refractivity contribution in [2.75, 3.05) is 0 Å². The highest BCUT2D eigenvalue weighted by Crippen LogP contribution is 2.46. The van der Waals surface area contributed by atoms with Crippen LogP contribution in [0.4, 0.5) is 0 Å². The number of rotatable bonds is 4. The van der Waals surface area contributed by atoms with E-state index in [0.717, 1.165) is 66.3 Å². The lowest BCUT2D eigenvalue weighted by molar-refractivity contribution is 0.500. The minimum atomic E-state index is -1.84. The van der Waals surface area contributed by atoms with Gasteiger partial charge in [-0.15, -0.1) is 0 Å². The van der Waals surface area contributed by atoms with E-state index < -0.39 is 8.24 Å². The van der Waals surface area contributed by atoms with Gasteiger partial charge in [-0.3, -0.25) is 0 Å². The fourth-order valence-corrected chi connectivity index (χ4v) is 6.64. The summed E-state index contributed by atoms with van der Waals surface area (Å²) in [6.07, 6.45) is 0. The van der Waals surface area contributed by atoms with Crippen LogP contribution in [0.15, 0.2) is 136 Å². The monoisotopic (exact) mass is 538 g/mol. The van der Waals surface area contributed by atoms with Gasteiger partial charge < -0.3 is 12.9 Å². The molecular formula is C36H27O3P. The van der Waals surface area contributed by atoms with E-state index in [2.05, 4.69) is 98.8 Å². The average Bonchev–Trinajstić information content (AvgIpc) is 3.15. The van der Waals surface area contributed by atoms with Crippen molar-refractivity contribution in [1.29, 1.82) is 0 Å². The van der Waals surface area contributed by atoms with Crippen molar-refractivity contribution in [2.24, 2.45) is 0 Å². The van der Waals surface area contributed by atoms with Gasteiger partial charge in [-0.1, -0.05) is 115 Å². The molecule has 0 aliphatic heterocycles. The Kier molecular flexibility index (Phi) is 6.15. The van der Waals surface area contributed by atoms with Crippen molar-refractivity contribution in [3.05, 3.63) is 139 Å². The number of hydrogen-bond acceptors (Lipinski definition) is 3. The molecule has 0 fully saturated rings. The van der Waals surface area contributed by atoms with Crippen LogP contribution in [-0.2, 0) is 0 Å². The van der Waals surface area contributed by atoms with E-state index in [1.807, 2.05) is 42.5 Å². The first-order chi connectivity index (χ1) is 19.7. The van der Waals surface area contributed by atoms with E-state index in [4.69, 9.17) is 12.9 Å². The molecular weight excluding hydrogens is 511 g/mol. The first-order valence-corrected chi connectivity index (χ1v) is 14.5. The zero-order chi connectivity index (χ0) is 27.1. The summed E-state index contributed by atoms with van der Waals surface area (Å²) in [5.74, 6) is 0.738. The van der Waals surface area contributed by atoms with E-state index >= 15 is 0 Å². The number of aryl methyl sites for hydroxylation is 2. The minimum absolute atomic E-state index is 0.738. The Bertz CT molecular complexity index is 1990. The van der Waals surface area contributed by atoms with Gasteiger partial charge in [-0.2, -0.15) is 0 Å². The van der Waals surface area contributed by atoms with Crippen LogP contribution in [0, 0.1) is 13.8 Å². The molecule has 3 nitrogen and oxygen atoms in total. The standard InChI is InChI=1S/C36H27O3P/c1-24-22-25(2)35-32(23-24)34-29-17-10-9-16-28(29)20-21-33(34)37-40(38-35)39-36-30(26-12-5-3-6-13-26)18-11-19-31(36)27-14-7-4-8-15-27/h3-23H,1-2H3. The summed E-state index contributed by atoms with van der Waals surface area (Å²) in [4.78, 5) is 0. The predicted molar refractivity (Wildman–Crippen MR) is 167 cm³/mol. The summed E-state index contributed by atoms with van der Waals surface area (Å²) in [6.45, 7) is 4.20. The van der Waals surface area contributed by atoms with Crippen molar-refractivity contribution < 1.29 is 12.9 Å². The van der Waals surface area contributed by atoms with Crippen LogP contribution in [0.2, 0.25) is 0 Å². The molecule has 7 aromatic rings. The lowest BCUT2D eigenvalue weighted by Gasteiger charge is -2.14. The van der Waals surface area contributed by atoms with E-state index in [1.165, 1.54) is 5.56 Å². The molecule has 0 radical (unpaired) electrons. The summed E-state index contributed by atoms with van der Waals surface area (Å²) in [5.41, 5.74) is 7.89. The third kappa shape index (κ3) is 4.35. The van der Waals surface area contributed by atoms with Gasteiger partial charge in [-0.25, -0.2) is 0 Å². The van der Waals surface area contributed by atoms with Gasteiger partial charge in [0.05, 0.1) is 0 Å². The van der Waals surface area contributed by atoms with E-state index in [0.29, 0.717) is 0 Å². The van der Waals surface area contributed by atoms with Gasteiger partial charge in [0.1, 0.15) is 11.2 Å². The molecule has 194 valence electrons. The lowest BCUT2D eigenvalue weighted by atomic mass is 9.97. The van der Waals surface area contributed by atoms with Crippen LogP contribution in [0.1, 0.15) is 11.1 Å². The molecule has 0 spiro atoms. The van der Waals surface area contributed by atoms with Crippen LogP contribution < -0.4 is 4.52 Å². The molecule has 0 N–H and O–H groups in total. The van der Waals surface area contributed by atoms with Crippen LogP contribution in [-0.4, -0.2) is 0 Å². The summed E-state index contributed by atoms with van der Waals surface area (Å²) in [5, 5.41) is 4.34. The first kappa shape index (κ1) is 24.3. The van der Waals surface area contributed by atoms with Crippen molar-refractivity contribution in [2.45, 2.75) is 13.8 Å². The molecule has 40 heavy (non-hydrogen) atoms. The summed E-state index contributed by atoms with van der Waals surface area (Å²) in [7, 11) is -1.84. The highest BCUT2D eigenvalue weighted by atomic mass is 31.1. The summed E-state index contributed by atoms with van der Waals surface area (Å²) in [6, 6.07) is 43.7. The number of fused-ring (bicyclic) bond motifs is 5. The molecule has 0 aliphatic rings. The van der Waals surface area contributed by atoms with Gasteiger partial charge in [0, 0.05) is 21.9 Å². The maximum Gasteiger partial charge on any atom is 0.453 e. The first-order valence-electron chi connectivity index (χ1n) is 13.4. The maximum absolute atomic E-state index is 6.84. The number of benzene rings is 6. The highest BCUT2D eigenvalue weighted by molar-refractivity contribution is 7.32. The second kappa shape index (κ2) is 10.1. The SMILES string of the molecule is Cc1cc(C)c2op(Oc3c(-c4ccccc4)cccc3-c3ccccc3)oc3ccc4ccccc4c3c2c1. The minimum Gasteiger partial charge on any atom is -0.390 e. The molecule has 1 atom stereocenters. The van der Waals surface area contributed by atoms with Crippen LogP contribution in [0.3, 0.4) is 0 Å². The predicted octanol–water partition coefficient (Wildman–Crippen LogP) is 11.2. The Balaban J connectivity index is 1.54. The number of para-hydroxylation sites is 1. The second-order valence-electron chi connectivity index (χ2n) is 10.0. The van der Waals surface area contributed by atoms with Gasteiger partial charge in [0.25, 0.3) is 0 Å². The van der Waals surface area contributed by atoms with E-state index in [1.54, 1.807) is 0 Å². The molecule has 1 heterocycles. The zero-order valence-corrected chi connectivity index (χ0v) is 23.2. The largest absolute Gasteiger partial charge is 0.453 e. The Morgan fingerprint density at radius 2 is 1.23 bits per heavy atom. The molecule has 0 aliphatic carbocycles. The zero-order valence-electron chi connectivity index (χ0n) is 22.3. The Hall–Kier alpha value is -4.72. The highest BCUT2D eigenvalue weighted by Gasteiger charge is 2.18. The molecule has 1 unspecified atom stereocenters. The van der Waals surface area contributed by atoms with Crippen LogP contribution in [0.25, 0.3) is 55.0 Å². The van der Waals surface area contributed by atoms with Gasteiger partial charge >= 0.3 is 8.24 Å². The lowest BCUT2D eigenvalue weighted by Crippen LogP contribution is -1.90. The van der Waals surface area contributed by atoms with Gasteiger partial charge in [0.2, 0.25) is 0 Å². The fourth-order valence-electron chi connectivity index (χ4n) is 5.48. The van der Waals surface area contributed by atoms with E-state index in [9.17, 15) is 0 Å². The normalized spacial score (nSPS) is 11.7. The summed E-state index contributed by atoms with van der Waals surface area (Å²) < 4.78 is 20.2. The fraction of sp³-hybridized carbons (Fsp3) is 0.0556. The number of hydrogen-bond donors (Lipinski definition) is 0. The quantitative estimate of drug-likeness (QED) is 0.224. The topological polar surface area (TPSA) is 35.5 Å². The Morgan fingerprint density at radius 1 is 0.575 bits per heavy atom. The smallest absolute Gasteiger partial charge is 0.390 e. The molecule has 1 aromatic heterocycles. The van der Waals surface area contributed by atoms with Crippen LogP contribution >= 0.6 is 8.24 Å². The maximum atomic E-state index is 6.84. The van der Waals surface area contributed by atoms with E-state index in [-0.39, 0.29) is 0 Å².